The van der Waals surface area contributed by atoms with Crippen LogP contribution in [-0.4, -0.2) is 12.1 Å². The second kappa shape index (κ2) is 6.24. The van der Waals surface area contributed by atoms with Crippen molar-refractivity contribution in [2.24, 2.45) is 11.7 Å². The van der Waals surface area contributed by atoms with Gasteiger partial charge in [-0.3, -0.25) is 0 Å². The third kappa shape index (κ3) is 3.49. The van der Waals surface area contributed by atoms with Gasteiger partial charge < -0.3 is 10.5 Å². The standard InChI is InChI=1S/C16H25NO/c1-12(2)18-16-10-6-4-8-14(16)11-13-7-3-5-9-15(13)17/h4,6,8,10,12-13,15H,3,5,7,9,11,17H2,1-2H3. The number of rotatable bonds is 4. The molecule has 1 aromatic rings. The summed E-state index contributed by atoms with van der Waals surface area (Å²) in [4.78, 5) is 0. The summed E-state index contributed by atoms with van der Waals surface area (Å²) >= 11 is 0. The van der Waals surface area contributed by atoms with Gasteiger partial charge in [-0.05, 0) is 50.7 Å². The maximum Gasteiger partial charge on any atom is 0.122 e. The average molecular weight is 247 g/mol. The summed E-state index contributed by atoms with van der Waals surface area (Å²) in [7, 11) is 0. The Labute approximate surface area is 111 Å². The lowest BCUT2D eigenvalue weighted by molar-refractivity contribution is 0.236. The van der Waals surface area contributed by atoms with Crippen molar-refractivity contribution in [2.75, 3.05) is 0 Å². The van der Waals surface area contributed by atoms with Crippen LogP contribution in [0.4, 0.5) is 0 Å². The number of benzene rings is 1. The second-order valence-electron chi connectivity index (χ2n) is 5.69. The number of ether oxygens (including phenoxy) is 1. The third-order valence-electron chi connectivity index (χ3n) is 3.79. The molecule has 2 heteroatoms. The first-order chi connectivity index (χ1) is 8.66. The van der Waals surface area contributed by atoms with Gasteiger partial charge in [0.25, 0.3) is 0 Å². The normalized spacial score (nSPS) is 24.2. The molecule has 1 fully saturated rings. The second-order valence-corrected chi connectivity index (χ2v) is 5.69. The van der Waals surface area contributed by atoms with Gasteiger partial charge in [0.15, 0.2) is 0 Å². The largest absolute Gasteiger partial charge is 0.491 e. The molecular weight excluding hydrogens is 222 g/mol. The Morgan fingerprint density at radius 3 is 2.67 bits per heavy atom. The average Bonchev–Trinajstić information content (AvgIpc) is 2.34. The summed E-state index contributed by atoms with van der Waals surface area (Å²) in [6, 6.07) is 8.76. The van der Waals surface area contributed by atoms with Crippen LogP contribution >= 0.6 is 0 Å². The van der Waals surface area contributed by atoms with E-state index in [-0.39, 0.29) is 6.10 Å². The SMILES string of the molecule is CC(C)Oc1ccccc1CC1CCCCC1N. The van der Waals surface area contributed by atoms with Crippen molar-refractivity contribution in [3.05, 3.63) is 29.8 Å². The molecule has 2 rings (SSSR count). The van der Waals surface area contributed by atoms with E-state index in [1.807, 2.05) is 6.07 Å². The molecule has 2 N–H and O–H groups in total. The molecule has 0 heterocycles. The maximum absolute atomic E-state index is 6.24. The highest BCUT2D eigenvalue weighted by Gasteiger charge is 2.23. The van der Waals surface area contributed by atoms with Gasteiger partial charge in [-0.15, -0.1) is 0 Å². The lowest BCUT2D eigenvalue weighted by Crippen LogP contribution is -2.34. The quantitative estimate of drug-likeness (QED) is 0.883. The highest BCUT2D eigenvalue weighted by atomic mass is 16.5. The predicted octanol–water partition coefficient (Wildman–Crippen LogP) is 3.53. The Morgan fingerprint density at radius 1 is 1.22 bits per heavy atom. The smallest absolute Gasteiger partial charge is 0.122 e. The van der Waals surface area contributed by atoms with Gasteiger partial charge in [-0.1, -0.05) is 31.0 Å². The van der Waals surface area contributed by atoms with Crippen LogP contribution in [-0.2, 0) is 6.42 Å². The van der Waals surface area contributed by atoms with Crippen LogP contribution in [0, 0.1) is 5.92 Å². The number of para-hydroxylation sites is 1. The first-order valence-corrected chi connectivity index (χ1v) is 7.17. The Morgan fingerprint density at radius 2 is 1.94 bits per heavy atom. The minimum absolute atomic E-state index is 0.228. The van der Waals surface area contributed by atoms with E-state index in [1.165, 1.54) is 31.2 Å². The van der Waals surface area contributed by atoms with E-state index in [9.17, 15) is 0 Å². The highest BCUT2D eigenvalue weighted by molar-refractivity contribution is 5.34. The summed E-state index contributed by atoms with van der Waals surface area (Å²) in [5.74, 6) is 1.65. The van der Waals surface area contributed by atoms with Crippen LogP contribution in [0.25, 0.3) is 0 Å². The summed E-state index contributed by atoms with van der Waals surface area (Å²) < 4.78 is 5.88. The molecule has 1 aliphatic rings. The zero-order chi connectivity index (χ0) is 13.0. The van der Waals surface area contributed by atoms with Crippen LogP contribution in [0.2, 0.25) is 0 Å². The van der Waals surface area contributed by atoms with Crippen molar-refractivity contribution in [1.29, 1.82) is 0 Å². The molecule has 0 radical (unpaired) electrons. The molecule has 1 saturated carbocycles. The van der Waals surface area contributed by atoms with Gasteiger partial charge >= 0.3 is 0 Å². The molecule has 0 saturated heterocycles. The molecule has 18 heavy (non-hydrogen) atoms. The molecule has 1 aromatic carbocycles. The predicted molar refractivity (Wildman–Crippen MR) is 75.8 cm³/mol. The molecule has 0 aromatic heterocycles. The topological polar surface area (TPSA) is 35.2 Å². The molecule has 2 atom stereocenters. The summed E-state index contributed by atoms with van der Waals surface area (Å²) in [6.07, 6.45) is 6.35. The lowest BCUT2D eigenvalue weighted by atomic mass is 9.81. The van der Waals surface area contributed by atoms with Crippen LogP contribution in [0.3, 0.4) is 0 Å². The lowest BCUT2D eigenvalue weighted by Gasteiger charge is -2.29. The van der Waals surface area contributed by atoms with E-state index in [4.69, 9.17) is 10.5 Å². The van der Waals surface area contributed by atoms with E-state index < -0.39 is 0 Å². The Balaban J connectivity index is 2.07. The summed E-state index contributed by atoms with van der Waals surface area (Å²) in [6.45, 7) is 4.15. The van der Waals surface area contributed by atoms with E-state index in [0.29, 0.717) is 12.0 Å². The van der Waals surface area contributed by atoms with Gasteiger partial charge in [0.05, 0.1) is 6.10 Å². The van der Waals surface area contributed by atoms with Crippen LogP contribution < -0.4 is 10.5 Å². The number of hydrogen-bond acceptors (Lipinski definition) is 2. The minimum Gasteiger partial charge on any atom is -0.491 e. The van der Waals surface area contributed by atoms with Gasteiger partial charge in [0, 0.05) is 6.04 Å². The Hall–Kier alpha value is -1.02. The third-order valence-corrected chi connectivity index (χ3v) is 3.79. The molecule has 2 nitrogen and oxygen atoms in total. The van der Waals surface area contributed by atoms with Crippen LogP contribution in [0.15, 0.2) is 24.3 Å². The zero-order valence-corrected chi connectivity index (χ0v) is 11.6. The molecule has 2 unspecified atom stereocenters. The van der Waals surface area contributed by atoms with E-state index in [0.717, 1.165) is 12.2 Å². The summed E-state index contributed by atoms with van der Waals surface area (Å²) in [5, 5.41) is 0. The zero-order valence-electron chi connectivity index (χ0n) is 11.6. The maximum atomic E-state index is 6.24. The van der Waals surface area contributed by atoms with Crippen LogP contribution in [0.1, 0.15) is 45.1 Å². The van der Waals surface area contributed by atoms with Gasteiger partial charge in [-0.25, -0.2) is 0 Å². The molecule has 100 valence electrons. The van der Waals surface area contributed by atoms with Crippen molar-refractivity contribution >= 4 is 0 Å². The van der Waals surface area contributed by atoms with Crippen molar-refractivity contribution in [3.8, 4) is 5.75 Å². The van der Waals surface area contributed by atoms with Gasteiger partial charge in [0.1, 0.15) is 5.75 Å². The molecule has 0 amide bonds. The minimum atomic E-state index is 0.228. The molecule has 0 aliphatic heterocycles. The number of hydrogen-bond donors (Lipinski definition) is 1. The fraction of sp³-hybridized carbons (Fsp3) is 0.625. The van der Waals surface area contributed by atoms with E-state index in [2.05, 4.69) is 32.0 Å². The van der Waals surface area contributed by atoms with E-state index in [1.54, 1.807) is 0 Å². The van der Waals surface area contributed by atoms with Crippen molar-refractivity contribution in [3.63, 3.8) is 0 Å². The Kier molecular flexibility index (Phi) is 4.65. The highest BCUT2D eigenvalue weighted by Crippen LogP contribution is 2.29. The fourth-order valence-electron chi connectivity index (χ4n) is 2.81. The molecule has 1 aliphatic carbocycles. The van der Waals surface area contributed by atoms with Gasteiger partial charge in [-0.2, -0.15) is 0 Å². The van der Waals surface area contributed by atoms with Gasteiger partial charge in [0.2, 0.25) is 0 Å². The molecular formula is C16H25NO. The van der Waals surface area contributed by atoms with Crippen molar-refractivity contribution in [2.45, 2.75) is 58.1 Å². The van der Waals surface area contributed by atoms with Crippen molar-refractivity contribution < 1.29 is 4.74 Å². The molecule has 0 bridgehead atoms. The molecule has 0 spiro atoms. The number of nitrogens with two attached hydrogens (primary N) is 1. The monoisotopic (exact) mass is 247 g/mol. The summed E-state index contributed by atoms with van der Waals surface area (Å²) in [5.41, 5.74) is 7.55. The van der Waals surface area contributed by atoms with Crippen molar-refractivity contribution in [1.82, 2.24) is 0 Å². The van der Waals surface area contributed by atoms with E-state index >= 15 is 0 Å². The first kappa shape index (κ1) is 13.4. The Bertz CT molecular complexity index is 375. The fourth-order valence-corrected chi connectivity index (χ4v) is 2.81. The van der Waals surface area contributed by atoms with Crippen LogP contribution in [0.5, 0.6) is 5.75 Å². The first-order valence-electron chi connectivity index (χ1n) is 7.17.